The Morgan fingerprint density at radius 3 is 2.31 bits per heavy atom. The summed E-state index contributed by atoms with van der Waals surface area (Å²) in [6, 6.07) is 0. The Hall–Kier alpha value is -2.75. The van der Waals surface area contributed by atoms with Crippen molar-refractivity contribution in [1.82, 2.24) is 4.90 Å². The molecule has 0 aromatic carbocycles. The molecular formula is C45H73NO12. The number of epoxide rings is 1. The highest BCUT2D eigenvalue weighted by atomic mass is 16.6. The molecular weight excluding hydrogens is 746 g/mol. The second kappa shape index (κ2) is 23.9. The third-order valence-electron chi connectivity index (χ3n) is 12.6. The minimum atomic E-state index is -0.931. The van der Waals surface area contributed by atoms with Crippen molar-refractivity contribution >= 4 is 18.2 Å². The van der Waals surface area contributed by atoms with Gasteiger partial charge in [-0.3, -0.25) is 9.59 Å². The van der Waals surface area contributed by atoms with Crippen LogP contribution in [0.25, 0.3) is 0 Å². The maximum absolute atomic E-state index is 13.5. The molecule has 2 N–H and O–H groups in total. The van der Waals surface area contributed by atoms with Crippen LogP contribution in [0.15, 0.2) is 48.2 Å². The molecule has 1 amide bonds. The third kappa shape index (κ3) is 13.9. The summed E-state index contributed by atoms with van der Waals surface area (Å²) in [5, 5.41) is 22.7. The molecule has 1 fully saturated rings. The molecule has 0 aromatic heterocycles. The van der Waals surface area contributed by atoms with Crippen molar-refractivity contribution in [3.05, 3.63) is 48.2 Å². The van der Waals surface area contributed by atoms with Crippen molar-refractivity contribution in [1.29, 1.82) is 0 Å². The van der Waals surface area contributed by atoms with Gasteiger partial charge in [-0.1, -0.05) is 70.6 Å². The van der Waals surface area contributed by atoms with Gasteiger partial charge >= 0.3 is 5.97 Å². The summed E-state index contributed by atoms with van der Waals surface area (Å²) in [6.07, 6.45) is 11.9. The molecule has 15 atom stereocenters. The number of hydrogen-bond donors (Lipinski definition) is 2. The van der Waals surface area contributed by atoms with Crippen LogP contribution >= 0.6 is 0 Å². The van der Waals surface area contributed by atoms with Gasteiger partial charge in [0.05, 0.1) is 55.4 Å². The van der Waals surface area contributed by atoms with Gasteiger partial charge in [0.25, 0.3) is 0 Å². The molecule has 1 saturated heterocycles. The zero-order valence-electron chi connectivity index (χ0n) is 36.8. The van der Waals surface area contributed by atoms with Crippen LogP contribution in [0.5, 0.6) is 0 Å². The molecule has 0 aromatic rings. The van der Waals surface area contributed by atoms with E-state index in [9.17, 15) is 24.6 Å². The van der Waals surface area contributed by atoms with Crippen molar-refractivity contribution in [2.75, 3.05) is 42.1 Å². The van der Waals surface area contributed by atoms with Gasteiger partial charge in [0, 0.05) is 97.1 Å². The Kier molecular flexibility index (Phi) is 20.4. The number of ether oxygens (including phenoxy) is 7. The first-order valence-electron chi connectivity index (χ1n) is 20.9. The van der Waals surface area contributed by atoms with E-state index in [0.29, 0.717) is 51.5 Å². The number of methoxy groups -OCH3 is 4. The van der Waals surface area contributed by atoms with Crippen molar-refractivity contribution in [3.63, 3.8) is 0 Å². The molecule has 330 valence electrons. The zero-order chi connectivity index (χ0) is 43.2. The number of nitrogens with zero attached hydrogens (tertiary/aromatic N) is 1. The summed E-state index contributed by atoms with van der Waals surface area (Å²) in [7, 11) is 8.13. The predicted octanol–water partition coefficient (Wildman–Crippen LogP) is 5.37. The van der Waals surface area contributed by atoms with Crippen LogP contribution in [-0.4, -0.2) is 136 Å². The van der Waals surface area contributed by atoms with Crippen LogP contribution in [0.1, 0.15) is 86.5 Å². The molecule has 1 spiro atoms. The number of carbonyl (C=O) groups is 3. The van der Waals surface area contributed by atoms with E-state index in [2.05, 4.69) is 6.08 Å². The number of aliphatic hydroxyl groups excluding tert-OH is 2. The third-order valence-corrected chi connectivity index (χ3v) is 12.6. The predicted molar refractivity (Wildman–Crippen MR) is 221 cm³/mol. The Bertz CT molecular complexity index is 1410. The van der Waals surface area contributed by atoms with Crippen molar-refractivity contribution in [3.8, 4) is 0 Å². The number of esters is 1. The summed E-state index contributed by atoms with van der Waals surface area (Å²) < 4.78 is 42.8. The fourth-order valence-electron chi connectivity index (χ4n) is 8.63. The van der Waals surface area contributed by atoms with Crippen LogP contribution in [-0.2, 0) is 47.5 Å². The van der Waals surface area contributed by atoms with E-state index in [1.165, 1.54) is 11.0 Å². The molecule has 0 saturated carbocycles. The molecule has 0 unspecified atom stereocenters. The number of allylic oxidation sites excluding steroid dienone is 2. The van der Waals surface area contributed by atoms with Gasteiger partial charge in [-0.2, -0.15) is 0 Å². The van der Waals surface area contributed by atoms with Crippen molar-refractivity contribution in [2.45, 2.75) is 147 Å². The minimum absolute atomic E-state index is 0.00734. The van der Waals surface area contributed by atoms with E-state index in [0.717, 1.165) is 5.57 Å². The summed E-state index contributed by atoms with van der Waals surface area (Å²) in [5.41, 5.74) is 0.0428. The number of rotatable bonds is 16. The van der Waals surface area contributed by atoms with Crippen molar-refractivity contribution in [2.24, 2.45) is 29.6 Å². The number of aliphatic hydroxyl groups is 2. The second-order valence-electron chi connectivity index (χ2n) is 16.9. The first-order valence-corrected chi connectivity index (χ1v) is 20.9. The summed E-state index contributed by atoms with van der Waals surface area (Å²) in [5.74, 6) is -2.39. The molecule has 2 bridgehead atoms. The van der Waals surface area contributed by atoms with Gasteiger partial charge in [0.1, 0.15) is 17.5 Å². The normalized spacial score (nSPS) is 34.8. The number of hydrogen-bond acceptors (Lipinski definition) is 12. The average Bonchev–Trinajstić information content (AvgIpc) is 4.02. The first kappa shape index (κ1) is 49.6. The fraction of sp³-hybridized carbons (Fsp3) is 0.756. The molecule has 13 heteroatoms. The second-order valence-corrected chi connectivity index (χ2v) is 16.9. The zero-order valence-corrected chi connectivity index (χ0v) is 36.8. The number of fused-ring (bicyclic) bond motifs is 2. The van der Waals surface area contributed by atoms with Gasteiger partial charge in [-0.15, -0.1) is 0 Å². The van der Waals surface area contributed by atoms with Crippen LogP contribution < -0.4 is 0 Å². The highest BCUT2D eigenvalue weighted by Crippen LogP contribution is 2.43. The van der Waals surface area contributed by atoms with Gasteiger partial charge in [-0.05, 0) is 32.1 Å². The van der Waals surface area contributed by atoms with E-state index in [-0.39, 0.29) is 42.4 Å². The number of carbonyl (C=O) groups excluding carboxylic acids is 3. The van der Waals surface area contributed by atoms with Crippen LogP contribution in [0, 0.1) is 29.6 Å². The Morgan fingerprint density at radius 1 is 1.03 bits per heavy atom. The topological polar surface area (TPSA) is 163 Å². The summed E-state index contributed by atoms with van der Waals surface area (Å²) >= 11 is 0. The molecule has 3 aliphatic rings. The molecule has 3 aliphatic heterocycles. The van der Waals surface area contributed by atoms with E-state index in [4.69, 9.17) is 33.2 Å². The minimum Gasteiger partial charge on any atom is -0.458 e. The fourth-order valence-corrected chi connectivity index (χ4v) is 8.63. The van der Waals surface area contributed by atoms with Gasteiger partial charge in [0.2, 0.25) is 6.41 Å². The largest absolute Gasteiger partial charge is 0.458 e. The van der Waals surface area contributed by atoms with Crippen molar-refractivity contribution < 1.29 is 57.8 Å². The highest BCUT2D eigenvalue weighted by molar-refractivity contribution is 5.82. The highest BCUT2D eigenvalue weighted by Gasteiger charge is 2.59. The smallest absolute Gasteiger partial charge is 0.331 e. The van der Waals surface area contributed by atoms with Crippen LogP contribution in [0.4, 0.5) is 0 Å². The lowest BCUT2D eigenvalue weighted by atomic mass is 9.78. The monoisotopic (exact) mass is 820 g/mol. The van der Waals surface area contributed by atoms with E-state index in [1.807, 2.05) is 59.8 Å². The lowest BCUT2D eigenvalue weighted by Crippen LogP contribution is -2.50. The summed E-state index contributed by atoms with van der Waals surface area (Å²) in [4.78, 5) is 39.4. The molecule has 13 nitrogen and oxygen atoms in total. The first-order chi connectivity index (χ1) is 27.5. The van der Waals surface area contributed by atoms with Crippen LogP contribution in [0.2, 0.25) is 0 Å². The Morgan fingerprint density at radius 2 is 1.71 bits per heavy atom. The Labute approximate surface area is 347 Å². The quantitative estimate of drug-likeness (QED) is 0.0888. The van der Waals surface area contributed by atoms with Gasteiger partial charge in [-0.25, -0.2) is 4.79 Å². The number of amides is 1. The van der Waals surface area contributed by atoms with E-state index < -0.39 is 65.9 Å². The lowest BCUT2D eigenvalue weighted by Gasteiger charge is -2.39. The molecule has 3 heterocycles. The molecule has 0 aliphatic carbocycles. The maximum atomic E-state index is 13.5. The molecule has 3 rings (SSSR count). The lowest BCUT2D eigenvalue weighted by molar-refractivity contribution is -0.159. The molecule has 58 heavy (non-hydrogen) atoms. The van der Waals surface area contributed by atoms with Crippen LogP contribution in [0.3, 0.4) is 0 Å². The number of ketones is 1. The van der Waals surface area contributed by atoms with Gasteiger partial charge in [0.15, 0.2) is 0 Å². The van der Waals surface area contributed by atoms with E-state index in [1.54, 1.807) is 47.8 Å². The Balaban J connectivity index is 1.86. The SMILES string of the molecule is CO[C@H]([C@H](C)/C=C/N(C)C=O)[C@@H](C)C(=O)CC[C@H](C)[C@H](O)[C@H](C)[C@H]1OC(=O)/C=C/C(C)=C/C[C@H](O)C[C@@H]2C=CC[C@@H](C[C@H](OC)[C@@]3(CO3)[C@@H](OC)C[C@@H](OC)[C@@H]1C)O2. The number of cyclic esters (lactones) is 1. The number of Topliss-reactive ketones (excluding diaryl/α,β-unsaturated/α-hetero) is 1. The summed E-state index contributed by atoms with van der Waals surface area (Å²) in [6.45, 7) is 11.8. The standard InChI is InChI=1S/C45H73NO12/c1-28-15-18-34(48)23-35-13-12-14-36(57-35)24-39(53-9)45(26-56-45)40(54-10)25-38(52-8)32(5)44(58-41(50)20-16-28)33(6)42(51)29(2)17-19-37(49)31(4)43(55-11)30(3)21-22-46(7)27-47/h12-13,15-16,20-22,27,29-36,38-40,42-44,48,51H,14,17-19,23-26H2,1-11H3/b20-16+,22-21+,28-15+/t29-,30+,31-,32-,33-,34-,35-,36-,38+,39-,40-,42-,43+,44-,45-/m0/s1. The molecule has 0 radical (unpaired) electrons. The van der Waals surface area contributed by atoms with Gasteiger partial charge < -0.3 is 48.3 Å². The average molecular weight is 820 g/mol. The van der Waals surface area contributed by atoms with E-state index >= 15 is 0 Å². The maximum Gasteiger partial charge on any atom is 0.331 e.